The molecule has 0 saturated heterocycles. The van der Waals surface area contributed by atoms with Gasteiger partial charge in [-0.05, 0) is 30.7 Å². The van der Waals surface area contributed by atoms with Crippen molar-refractivity contribution in [1.82, 2.24) is 4.31 Å². The van der Waals surface area contributed by atoms with Crippen LogP contribution in [0.1, 0.15) is 17.7 Å². The van der Waals surface area contributed by atoms with Gasteiger partial charge >= 0.3 is 0 Å². The van der Waals surface area contributed by atoms with Crippen molar-refractivity contribution in [3.8, 4) is 0 Å². The van der Waals surface area contributed by atoms with Gasteiger partial charge in [0.25, 0.3) is 0 Å². The average Bonchev–Trinajstić information content (AvgIpc) is 2.78. The number of sulfonamides is 1. The summed E-state index contributed by atoms with van der Waals surface area (Å²) in [6, 6.07) is 3.98. The molecule has 1 N–H and O–H groups in total. The minimum atomic E-state index is -3.16. The predicted molar refractivity (Wildman–Crippen MR) is 70.8 cm³/mol. The van der Waals surface area contributed by atoms with Gasteiger partial charge in [0.05, 0.1) is 5.75 Å². The Morgan fingerprint density at radius 3 is 2.76 bits per heavy atom. The van der Waals surface area contributed by atoms with Crippen LogP contribution in [0.2, 0.25) is 0 Å². The van der Waals surface area contributed by atoms with E-state index in [-0.39, 0.29) is 12.4 Å². The summed E-state index contributed by atoms with van der Waals surface area (Å²) in [6.07, 6.45) is 1.81. The van der Waals surface area contributed by atoms with Gasteiger partial charge in [0.1, 0.15) is 0 Å². The Balaban J connectivity index is 2.37. The molecule has 0 saturated carbocycles. The van der Waals surface area contributed by atoms with Crippen LogP contribution in [0.15, 0.2) is 17.5 Å². The lowest BCUT2D eigenvalue weighted by molar-refractivity contribution is 0.287. The third-order valence-electron chi connectivity index (χ3n) is 2.54. The highest BCUT2D eigenvalue weighted by Crippen LogP contribution is 2.11. The fourth-order valence-electron chi connectivity index (χ4n) is 1.41. The molecular formula is C11H19NO3S2. The van der Waals surface area contributed by atoms with Gasteiger partial charge in [0, 0.05) is 25.1 Å². The number of hydrogen-bond acceptors (Lipinski definition) is 4. The lowest BCUT2D eigenvalue weighted by Crippen LogP contribution is -2.31. The highest BCUT2D eigenvalue weighted by molar-refractivity contribution is 7.89. The third-order valence-corrected chi connectivity index (χ3v) is 5.41. The first-order chi connectivity index (χ1) is 8.06. The summed E-state index contributed by atoms with van der Waals surface area (Å²) < 4.78 is 25.0. The number of aliphatic hydroxyl groups is 1. The summed E-state index contributed by atoms with van der Waals surface area (Å²) in [5.74, 6) is 0.120. The molecule has 17 heavy (non-hydrogen) atoms. The molecule has 0 aliphatic heterocycles. The quantitative estimate of drug-likeness (QED) is 0.729. The molecule has 1 aromatic heterocycles. The maximum absolute atomic E-state index is 11.8. The SMILES string of the molecule is CN(CCc1cccs1)S(=O)(=O)CCCCO. The zero-order valence-electron chi connectivity index (χ0n) is 10.0. The first-order valence-electron chi connectivity index (χ1n) is 5.63. The lowest BCUT2D eigenvalue weighted by atomic mass is 10.3. The molecule has 0 radical (unpaired) electrons. The third kappa shape index (κ3) is 5.16. The highest BCUT2D eigenvalue weighted by Gasteiger charge is 2.16. The molecule has 0 aliphatic rings. The van der Waals surface area contributed by atoms with E-state index in [4.69, 9.17) is 5.11 Å². The topological polar surface area (TPSA) is 57.6 Å². The molecule has 0 aliphatic carbocycles. The zero-order valence-corrected chi connectivity index (χ0v) is 11.6. The van der Waals surface area contributed by atoms with Crippen molar-refractivity contribution in [3.63, 3.8) is 0 Å². The van der Waals surface area contributed by atoms with Crippen LogP contribution in [0.3, 0.4) is 0 Å². The van der Waals surface area contributed by atoms with Crippen LogP contribution in [0.25, 0.3) is 0 Å². The largest absolute Gasteiger partial charge is 0.396 e. The first kappa shape index (κ1) is 14.6. The fourth-order valence-corrected chi connectivity index (χ4v) is 3.36. The molecule has 0 bridgehead atoms. The summed E-state index contributed by atoms with van der Waals surface area (Å²) in [4.78, 5) is 1.20. The second-order valence-corrected chi connectivity index (χ2v) is 7.13. The Labute approximate surface area is 107 Å². The van der Waals surface area contributed by atoms with E-state index in [0.29, 0.717) is 19.4 Å². The molecule has 0 amide bonds. The first-order valence-corrected chi connectivity index (χ1v) is 8.12. The van der Waals surface area contributed by atoms with E-state index in [1.54, 1.807) is 18.4 Å². The lowest BCUT2D eigenvalue weighted by Gasteiger charge is -2.16. The monoisotopic (exact) mass is 277 g/mol. The minimum absolute atomic E-state index is 0.0500. The Bertz CT molecular complexity index is 400. The van der Waals surface area contributed by atoms with Crippen LogP contribution in [-0.2, 0) is 16.4 Å². The van der Waals surface area contributed by atoms with Crippen LogP contribution in [-0.4, -0.2) is 43.8 Å². The molecule has 0 unspecified atom stereocenters. The van der Waals surface area contributed by atoms with Gasteiger partial charge in [-0.25, -0.2) is 12.7 Å². The maximum atomic E-state index is 11.8. The van der Waals surface area contributed by atoms with E-state index < -0.39 is 10.0 Å². The normalized spacial score (nSPS) is 12.2. The predicted octanol–water partition coefficient (Wildman–Crippen LogP) is 1.32. The van der Waals surface area contributed by atoms with Crippen LogP contribution >= 0.6 is 11.3 Å². The molecular weight excluding hydrogens is 258 g/mol. The summed E-state index contributed by atoms with van der Waals surface area (Å²) >= 11 is 1.64. The van der Waals surface area contributed by atoms with Crippen molar-refractivity contribution in [2.75, 3.05) is 26.0 Å². The molecule has 6 heteroatoms. The molecule has 0 atom stereocenters. The fraction of sp³-hybridized carbons (Fsp3) is 0.636. The Hall–Kier alpha value is -0.430. The smallest absolute Gasteiger partial charge is 0.213 e. The molecule has 0 spiro atoms. The van der Waals surface area contributed by atoms with Gasteiger partial charge in [0.15, 0.2) is 0 Å². The maximum Gasteiger partial charge on any atom is 0.213 e. The molecule has 1 aromatic rings. The van der Waals surface area contributed by atoms with Gasteiger partial charge in [-0.1, -0.05) is 6.07 Å². The van der Waals surface area contributed by atoms with Crippen molar-refractivity contribution < 1.29 is 13.5 Å². The van der Waals surface area contributed by atoms with Gasteiger partial charge in [-0.3, -0.25) is 0 Å². The van der Waals surface area contributed by atoms with Crippen molar-refractivity contribution >= 4 is 21.4 Å². The molecule has 1 heterocycles. The summed E-state index contributed by atoms with van der Waals surface area (Å²) in [5.41, 5.74) is 0. The van der Waals surface area contributed by atoms with Crippen LogP contribution in [0.4, 0.5) is 0 Å². The van der Waals surface area contributed by atoms with Gasteiger partial charge in [-0.2, -0.15) is 0 Å². The molecule has 4 nitrogen and oxygen atoms in total. The van der Waals surface area contributed by atoms with Crippen molar-refractivity contribution in [3.05, 3.63) is 22.4 Å². The van der Waals surface area contributed by atoms with E-state index in [0.717, 1.165) is 6.42 Å². The molecule has 0 fully saturated rings. The summed E-state index contributed by atoms with van der Waals surface area (Å²) in [7, 11) is -1.55. The number of unbranched alkanes of at least 4 members (excludes halogenated alkanes) is 1. The van der Waals surface area contributed by atoms with E-state index in [1.807, 2.05) is 17.5 Å². The minimum Gasteiger partial charge on any atom is -0.396 e. The van der Waals surface area contributed by atoms with Gasteiger partial charge < -0.3 is 5.11 Å². The number of rotatable bonds is 8. The van der Waals surface area contributed by atoms with Crippen LogP contribution in [0.5, 0.6) is 0 Å². The van der Waals surface area contributed by atoms with E-state index in [9.17, 15) is 8.42 Å². The van der Waals surface area contributed by atoms with E-state index in [2.05, 4.69) is 0 Å². The second-order valence-electron chi connectivity index (χ2n) is 3.90. The standard InChI is InChI=1S/C11H19NO3S2/c1-12(7-6-11-5-4-9-16-11)17(14,15)10-3-2-8-13/h4-5,9,13H,2-3,6-8,10H2,1H3. The molecule has 1 rings (SSSR count). The molecule has 0 aromatic carbocycles. The van der Waals surface area contributed by atoms with Crippen LogP contribution < -0.4 is 0 Å². The van der Waals surface area contributed by atoms with Gasteiger partial charge in [-0.15, -0.1) is 11.3 Å². The van der Waals surface area contributed by atoms with Crippen molar-refractivity contribution in [2.45, 2.75) is 19.3 Å². The zero-order chi connectivity index (χ0) is 12.7. The highest BCUT2D eigenvalue weighted by atomic mass is 32.2. The number of likely N-dealkylation sites (N-methyl/N-ethyl adjacent to an activating group) is 1. The summed E-state index contributed by atoms with van der Waals surface area (Å²) in [6.45, 7) is 0.566. The van der Waals surface area contributed by atoms with E-state index in [1.165, 1.54) is 9.18 Å². The Morgan fingerprint density at radius 1 is 1.41 bits per heavy atom. The van der Waals surface area contributed by atoms with Crippen LogP contribution in [0, 0.1) is 0 Å². The average molecular weight is 277 g/mol. The van der Waals surface area contributed by atoms with Crippen molar-refractivity contribution in [2.24, 2.45) is 0 Å². The summed E-state index contributed by atoms with van der Waals surface area (Å²) in [5, 5.41) is 10.6. The van der Waals surface area contributed by atoms with E-state index >= 15 is 0 Å². The number of aliphatic hydroxyl groups excluding tert-OH is 1. The molecule has 98 valence electrons. The van der Waals surface area contributed by atoms with Crippen molar-refractivity contribution in [1.29, 1.82) is 0 Å². The number of nitrogens with zero attached hydrogens (tertiary/aromatic N) is 1. The Kier molecular flexibility index (Phi) is 6.11. The Morgan fingerprint density at radius 2 is 2.18 bits per heavy atom. The number of hydrogen-bond donors (Lipinski definition) is 1. The number of thiophene rings is 1. The van der Waals surface area contributed by atoms with Gasteiger partial charge in [0.2, 0.25) is 10.0 Å². The second kappa shape index (κ2) is 7.10.